The molecule has 262 valence electrons. The monoisotopic (exact) mass is 722 g/mol. The van der Waals surface area contributed by atoms with Crippen molar-refractivity contribution >= 4 is 31.6 Å². The molecule has 2 aromatic heterocycles. The van der Waals surface area contributed by atoms with Crippen LogP contribution in [-0.2, 0) is 5.41 Å². The van der Waals surface area contributed by atoms with Crippen molar-refractivity contribution in [1.29, 1.82) is 0 Å². The fraction of sp³-hybridized carbons (Fsp3) is 0.115. The van der Waals surface area contributed by atoms with Gasteiger partial charge in [0.25, 0.3) is 0 Å². The first-order chi connectivity index (χ1) is 27.2. The van der Waals surface area contributed by atoms with E-state index in [1.807, 2.05) is 0 Å². The third-order valence-corrected chi connectivity index (χ3v) is 13.3. The summed E-state index contributed by atoms with van der Waals surface area (Å²) in [7, 11) is 0. The predicted octanol–water partition coefficient (Wildman–Crippen LogP) is 14.4. The Bertz CT molecular complexity index is 2900. The van der Waals surface area contributed by atoms with Crippen molar-refractivity contribution in [3.63, 3.8) is 0 Å². The Morgan fingerprint density at radius 1 is 0.436 bits per heavy atom. The summed E-state index contributed by atoms with van der Waals surface area (Å²) < 4.78 is 2.34. The molecule has 0 atom stereocenters. The van der Waals surface area contributed by atoms with Gasteiger partial charge in [-0.25, -0.2) is 9.97 Å². The first-order valence-electron chi connectivity index (χ1n) is 19.5. The molecule has 2 aliphatic rings. The standard InChI is InChI=1S/C52H38N2S/c1-3-14-34(15-4-1)35-26-28-36(29-27-35)51-53-48(50-49(54-51)43-21-6-8-25-46(43)55-50)40-19-12-17-38(33-40)37-16-11-18-39(32-37)41-22-13-24-45-47(41)42-20-5-7-23-44(42)52(45)30-9-2-10-31-52/h1,3-8,11-29,32-33H,2,9-10,30-31H2. The van der Waals surface area contributed by atoms with Crippen LogP contribution < -0.4 is 0 Å². The summed E-state index contributed by atoms with van der Waals surface area (Å²) in [5.74, 6) is 0.743. The van der Waals surface area contributed by atoms with Crippen molar-refractivity contribution in [1.82, 2.24) is 9.97 Å². The first kappa shape index (κ1) is 32.3. The molecule has 1 spiro atoms. The molecule has 3 heteroatoms. The second-order valence-corrected chi connectivity index (χ2v) is 16.2. The second-order valence-electron chi connectivity index (χ2n) is 15.2. The Balaban J connectivity index is 1.02. The molecule has 7 aromatic carbocycles. The van der Waals surface area contributed by atoms with Gasteiger partial charge in [-0.2, -0.15) is 0 Å². The lowest BCUT2D eigenvalue weighted by atomic mass is 9.68. The minimum absolute atomic E-state index is 0.143. The maximum Gasteiger partial charge on any atom is 0.160 e. The van der Waals surface area contributed by atoms with Gasteiger partial charge in [-0.05, 0) is 86.7 Å². The number of fused-ring (bicyclic) bond motifs is 8. The van der Waals surface area contributed by atoms with E-state index in [1.54, 1.807) is 11.3 Å². The van der Waals surface area contributed by atoms with Gasteiger partial charge in [0.2, 0.25) is 0 Å². The summed E-state index contributed by atoms with van der Waals surface area (Å²) >= 11 is 1.78. The van der Waals surface area contributed by atoms with Gasteiger partial charge in [0.15, 0.2) is 5.82 Å². The van der Waals surface area contributed by atoms with Crippen LogP contribution in [0.3, 0.4) is 0 Å². The molecule has 55 heavy (non-hydrogen) atoms. The van der Waals surface area contributed by atoms with Crippen LogP contribution in [0, 0.1) is 0 Å². The van der Waals surface area contributed by atoms with Crippen molar-refractivity contribution in [2.24, 2.45) is 0 Å². The van der Waals surface area contributed by atoms with E-state index in [0.29, 0.717) is 0 Å². The highest BCUT2D eigenvalue weighted by molar-refractivity contribution is 7.26. The minimum Gasteiger partial charge on any atom is -0.226 e. The Kier molecular flexibility index (Phi) is 7.63. The van der Waals surface area contributed by atoms with Crippen molar-refractivity contribution in [2.45, 2.75) is 37.5 Å². The molecule has 0 radical (unpaired) electrons. The maximum atomic E-state index is 5.34. The van der Waals surface area contributed by atoms with E-state index >= 15 is 0 Å². The van der Waals surface area contributed by atoms with Crippen LogP contribution in [0.15, 0.2) is 170 Å². The normalized spacial score (nSPS) is 14.3. The van der Waals surface area contributed by atoms with Crippen LogP contribution in [0.25, 0.3) is 87.5 Å². The number of rotatable bonds is 5. The van der Waals surface area contributed by atoms with Crippen molar-refractivity contribution < 1.29 is 0 Å². The molecular weight excluding hydrogens is 685 g/mol. The zero-order chi connectivity index (χ0) is 36.3. The lowest BCUT2D eigenvalue weighted by molar-refractivity contribution is 0.353. The number of nitrogens with zero attached hydrogens (tertiary/aromatic N) is 2. The summed E-state index contributed by atoms with van der Waals surface area (Å²) in [4.78, 5) is 10.6. The highest BCUT2D eigenvalue weighted by Crippen LogP contribution is 2.58. The third-order valence-electron chi connectivity index (χ3n) is 12.1. The molecule has 1 saturated carbocycles. The van der Waals surface area contributed by atoms with E-state index in [2.05, 4.69) is 170 Å². The van der Waals surface area contributed by atoms with Crippen LogP contribution >= 0.6 is 11.3 Å². The van der Waals surface area contributed by atoms with Crippen molar-refractivity contribution in [3.8, 4) is 67.2 Å². The van der Waals surface area contributed by atoms with Crippen LogP contribution in [0.2, 0.25) is 0 Å². The zero-order valence-electron chi connectivity index (χ0n) is 30.5. The molecule has 0 N–H and O–H groups in total. The van der Waals surface area contributed by atoms with Crippen LogP contribution in [-0.4, -0.2) is 9.97 Å². The summed E-state index contributed by atoms with van der Waals surface area (Å²) in [5, 5.41) is 1.17. The van der Waals surface area contributed by atoms with Gasteiger partial charge >= 0.3 is 0 Å². The molecule has 2 aliphatic carbocycles. The molecular formula is C52H38N2S. The molecule has 0 aliphatic heterocycles. The summed E-state index contributed by atoms with van der Waals surface area (Å²) in [6.45, 7) is 0. The van der Waals surface area contributed by atoms with Gasteiger partial charge < -0.3 is 0 Å². The fourth-order valence-electron chi connectivity index (χ4n) is 9.51. The van der Waals surface area contributed by atoms with Gasteiger partial charge in [-0.15, -0.1) is 11.3 Å². The number of benzene rings is 7. The molecule has 0 unspecified atom stereocenters. The molecule has 0 bridgehead atoms. The van der Waals surface area contributed by atoms with Crippen LogP contribution in [0.4, 0.5) is 0 Å². The molecule has 11 rings (SSSR count). The summed E-state index contributed by atoms with van der Waals surface area (Å²) in [5.41, 5.74) is 17.5. The van der Waals surface area contributed by atoms with E-state index in [-0.39, 0.29) is 5.41 Å². The average Bonchev–Trinajstić information content (AvgIpc) is 3.77. The topological polar surface area (TPSA) is 25.8 Å². The smallest absolute Gasteiger partial charge is 0.160 e. The third kappa shape index (κ3) is 5.29. The Hall–Kier alpha value is -6.16. The Morgan fingerprint density at radius 3 is 1.87 bits per heavy atom. The fourth-order valence-corrected chi connectivity index (χ4v) is 10.7. The van der Waals surface area contributed by atoms with Gasteiger partial charge in [0.1, 0.15) is 0 Å². The zero-order valence-corrected chi connectivity index (χ0v) is 31.3. The quantitative estimate of drug-likeness (QED) is 0.177. The van der Waals surface area contributed by atoms with Gasteiger partial charge in [0, 0.05) is 26.6 Å². The summed E-state index contributed by atoms with van der Waals surface area (Å²) in [6.07, 6.45) is 6.42. The van der Waals surface area contributed by atoms with E-state index in [4.69, 9.17) is 9.97 Å². The second kappa shape index (κ2) is 13.0. The molecule has 0 amide bonds. The maximum absolute atomic E-state index is 5.34. The average molecular weight is 723 g/mol. The Morgan fingerprint density at radius 2 is 1.04 bits per heavy atom. The molecule has 0 saturated heterocycles. The first-order valence-corrected chi connectivity index (χ1v) is 20.3. The van der Waals surface area contributed by atoms with E-state index in [1.165, 1.54) is 97.8 Å². The highest BCUT2D eigenvalue weighted by atomic mass is 32.1. The largest absolute Gasteiger partial charge is 0.226 e. The van der Waals surface area contributed by atoms with Gasteiger partial charge in [-0.1, -0.05) is 171 Å². The molecule has 2 nitrogen and oxygen atoms in total. The lowest BCUT2D eigenvalue weighted by Gasteiger charge is -2.36. The number of hydrogen-bond donors (Lipinski definition) is 0. The molecule has 1 fully saturated rings. The molecule has 2 heterocycles. The summed E-state index contributed by atoms with van der Waals surface area (Å²) in [6, 6.07) is 62.1. The Labute approximate surface area is 325 Å². The molecule has 9 aromatic rings. The van der Waals surface area contributed by atoms with Gasteiger partial charge in [0.05, 0.1) is 15.9 Å². The van der Waals surface area contributed by atoms with E-state index in [0.717, 1.165) is 32.9 Å². The lowest BCUT2D eigenvalue weighted by Crippen LogP contribution is -2.27. The number of hydrogen-bond acceptors (Lipinski definition) is 3. The van der Waals surface area contributed by atoms with E-state index < -0.39 is 0 Å². The highest BCUT2D eigenvalue weighted by Gasteiger charge is 2.44. The van der Waals surface area contributed by atoms with Gasteiger partial charge in [-0.3, -0.25) is 0 Å². The van der Waals surface area contributed by atoms with Crippen molar-refractivity contribution in [3.05, 3.63) is 181 Å². The van der Waals surface area contributed by atoms with Crippen LogP contribution in [0.5, 0.6) is 0 Å². The number of thiophene rings is 1. The predicted molar refractivity (Wildman–Crippen MR) is 231 cm³/mol. The van der Waals surface area contributed by atoms with Crippen LogP contribution in [0.1, 0.15) is 43.2 Å². The van der Waals surface area contributed by atoms with E-state index in [9.17, 15) is 0 Å². The van der Waals surface area contributed by atoms with Crippen molar-refractivity contribution in [2.75, 3.05) is 0 Å². The number of aromatic nitrogens is 2. The SMILES string of the molecule is c1ccc(-c2ccc(-c3nc(-c4cccc(-c5cccc(-c6cccc7c6-c6ccccc6C76CCCCC6)c5)c4)c4sc5ccccc5c4n3)cc2)cc1. The minimum atomic E-state index is 0.143.